The van der Waals surface area contributed by atoms with Gasteiger partial charge in [-0.25, -0.2) is 9.59 Å². The Kier molecular flexibility index (Phi) is 6.23. The van der Waals surface area contributed by atoms with Crippen LogP contribution in [-0.4, -0.2) is 46.1 Å². The Morgan fingerprint density at radius 2 is 2.14 bits per heavy atom. The molecule has 1 aromatic carbocycles. The topological polar surface area (TPSA) is 112 Å². The molecule has 1 fully saturated rings. The summed E-state index contributed by atoms with van der Waals surface area (Å²) in [6.07, 6.45) is 1.65. The molecule has 1 aliphatic heterocycles. The van der Waals surface area contributed by atoms with Crippen molar-refractivity contribution >= 4 is 33.7 Å². The van der Waals surface area contributed by atoms with E-state index in [9.17, 15) is 19.7 Å². The summed E-state index contributed by atoms with van der Waals surface area (Å²) in [6.45, 7) is 3.86. The fourth-order valence-electron chi connectivity index (χ4n) is 2.86. The molecule has 1 saturated heterocycles. The number of hydrogen-bond acceptors (Lipinski definition) is 7. The van der Waals surface area contributed by atoms with E-state index in [0.29, 0.717) is 5.69 Å². The number of amides is 1. The maximum atomic E-state index is 12.7. The molecule has 0 radical (unpaired) electrons. The quantitative estimate of drug-likeness (QED) is 0.267. The standard InChI is InChI=1S/C19H16BrN3O6/c1-2-9-22-16(11-28-19(22)25)17(15-8-5-13(20)10-21-15)29-18(24)12-3-6-14(7-4-12)23(26)27/h2-8,10,16-17H,1,9,11H2/t16-,17-/m1/s1. The first-order valence-electron chi connectivity index (χ1n) is 8.52. The predicted octanol–water partition coefficient (Wildman–Crippen LogP) is 3.66. The first-order valence-corrected chi connectivity index (χ1v) is 9.31. The summed E-state index contributed by atoms with van der Waals surface area (Å²) in [6, 6.07) is 7.87. The molecule has 150 valence electrons. The summed E-state index contributed by atoms with van der Waals surface area (Å²) in [5, 5.41) is 10.8. The zero-order valence-corrected chi connectivity index (χ0v) is 16.6. The number of pyridine rings is 1. The van der Waals surface area contributed by atoms with Crippen LogP contribution in [0.3, 0.4) is 0 Å². The summed E-state index contributed by atoms with van der Waals surface area (Å²) in [4.78, 5) is 40.7. The molecule has 0 aliphatic carbocycles. The molecule has 0 N–H and O–H groups in total. The Hall–Kier alpha value is -3.27. The smallest absolute Gasteiger partial charge is 0.410 e. The Balaban J connectivity index is 1.89. The number of nitro benzene ring substituents is 1. The highest BCUT2D eigenvalue weighted by molar-refractivity contribution is 9.10. The molecule has 2 aromatic rings. The van der Waals surface area contributed by atoms with Crippen LogP contribution in [-0.2, 0) is 9.47 Å². The van der Waals surface area contributed by atoms with Crippen LogP contribution >= 0.6 is 15.9 Å². The molecule has 0 bridgehead atoms. The lowest BCUT2D eigenvalue weighted by atomic mass is 10.1. The second-order valence-electron chi connectivity index (χ2n) is 6.12. The molecule has 2 heterocycles. The normalized spacial score (nSPS) is 16.8. The van der Waals surface area contributed by atoms with Gasteiger partial charge in [-0.3, -0.25) is 20.0 Å². The lowest BCUT2D eigenvalue weighted by Crippen LogP contribution is -2.40. The number of halogens is 1. The molecule has 1 aliphatic rings. The molecule has 1 amide bonds. The highest BCUT2D eigenvalue weighted by Gasteiger charge is 2.41. The van der Waals surface area contributed by atoms with Crippen molar-refractivity contribution in [2.45, 2.75) is 12.1 Å². The number of nitro groups is 1. The van der Waals surface area contributed by atoms with E-state index in [-0.39, 0.29) is 24.4 Å². The fraction of sp³-hybridized carbons (Fsp3) is 0.211. The monoisotopic (exact) mass is 461 g/mol. The van der Waals surface area contributed by atoms with E-state index in [2.05, 4.69) is 27.5 Å². The lowest BCUT2D eigenvalue weighted by molar-refractivity contribution is -0.384. The number of cyclic esters (lactones) is 1. The molecule has 0 saturated carbocycles. The maximum Gasteiger partial charge on any atom is 0.410 e. The van der Waals surface area contributed by atoms with Crippen molar-refractivity contribution in [3.05, 3.63) is 81.1 Å². The van der Waals surface area contributed by atoms with Gasteiger partial charge < -0.3 is 9.47 Å². The van der Waals surface area contributed by atoms with Gasteiger partial charge in [-0.1, -0.05) is 6.08 Å². The SMILES string of the molecule is C=CCN1C(=O)OC[C@@H]1[C@H](OC(=O)c1ccc([N+](=O)[O-])cc1)c1ccc(Br)cn1. The number of hydrogen-bond donors (Lipinski definition) is 0. The first kappa shape index (κ1) is 20.5. The van der Waals surface area contributed by atoms with Crippen LogP contribution < -0.4 is 0 Å². The molecular formula is C19H16BrN3O6. The number of esters is 1. The first-order chi connectivity index (χ1) is 13.9. The van der Waals surface area contributed by atoms with Crippen LogP contribution in [0.5, 0.6) is 0 Å². The van der Waals surface area contributed by atoms with Crippen LogP contribution in [0.1, 0.15) is 22.2 Å². The van der Waals surface area contributed by atoms with Crippen LogP contribution in [0.25, 0.3) is 0 Å². The summed E-state index contributed by atoms with van der Waals surface area (Å²) in [5.41, 5.74) is 0.429. The van der Waals surface area contributed by atoms with E-state index in [1.807, 2.05) is 0 Å². The second kappa shape index (κ2) is 8.82. The third kappa shape index (κ3) is 4.60. The van der Waals surface area contributed by atoms with Gasteiger partial charge in [0.05, 0.1) is 16.2 Å². The minimum atomic E-state index is -0.905. The van der Waals surface area contributed by atoms with E-state index in [1.165, 1.54) is 29.2 Å². The maximum absolute atomic E-state index is 12.7. The summed E-state index contributed by atoms with van der Waals surface area (Å²) in [7, 11) is 0. The number of carbonyl (C=O) groups excluding carboxylic acids is 2. The zero-order chi connectivity index (χ0) is 21.0. The van der Waals surface area contributed by atoms with Crippen molar-refractivity contribution in [2.24, 2.45) is 0 Å². The van der Waals surface area contributed by atoms with Crippen LogP contribution in [0.15, 0.2) is 59.7 Å². The van der Waals surface area contributed by atoms with Gasteiger partial charge in [0.2, 0.25) is 0 Å². The van der Waals surface area contributed by atoms with Gasteiger partial charge in [0, 0.05) is 29.3 Å². The van der Waals surface area contributed by atoms with Crippen molar-refractivity contribution in [3.8, 4) is 0 Å². The van der Waals surface area contributed by atoms with Gasteiger partial charge in [-0.05, 0) is 40.2 Å². The molecule has 2 atom stereocenters. The van der Waals surface area contributed by atoms with E-state index < -0.39 is 29.1 Å². The third-order valence-corrected chi connectivity index (χ3v) is 4.75. The summed E-state index contributed by atoms with van der Waals surface area (Å²) >= 11 is 3.30. The van der Waals surface area contributed by atoms with E-state index in [4.69, 9.17) is 9.47 Å². The van der Waals surface area contributed by atoms with Crippen molar-refractivity contribution in [1.82, 2.24) is 9.88 Å². The highest BCUT2D eigenvalue weighted by Crippen LogP contribution is 2.30. The number of aromatic nitrogens is 1. The Labute approximate surface area is 174 Å². The predicted molar refractivity (Wildman–Crippen MR) is 105 cm³/mol. The van der Waals surface area contributed by atoms with Crippen LogP contribution in [0, 0.1) is 10.1 Å². The van der Waals surface area contributed by atoms with Crippen molar-refractivity contribution in [1.29, 1.82) is 0 Å². The number of ether oxygens (including phenoxy) is 2. The number of rotatable bonds is 7. The second-order valence-corrected chi connectivity index (χ2v) is 7.03. The Morgan fingerprint density at radius 1 is 1.41 bits per heavy atom. The highest BCUT2D eigenvalue weighted by atomic mass is 79.9. The van der Waals surface area contributed by atoms with Crippen LogP contribution in [0.2, 0.25) is 0 Å². The summed E-state index contributed by atoms with van der Waals surface area (Å²) < 4.78 is 11.5. The molecule has 0 spiro atoms. The van der Waals surface area contributed by atoms with Gasteiger partial charge >= 0.3 is 12.1 Å². The molecule has 29 heavy (non-hydrogen) atoms. The van der Waals surface area contributed by atoms with Gasteiger partial charge in [-0.15, -0.1) is 6.58 Å². The zero-order valence-electron chi connectivity index (χ0n) is 15.1. The number of non-ortho nitro benzene ring substituents is 1. The average molecular weight is 462 g/mol. The van der Waals surface area contributed by atoms with Gasteiger partial charge in [0.25, 0.3) is 5.69 Å². The van der Waals surface area contributed by atoms with Crippen molar-refractivity contribution < 1.29 is 24.0 Å². The molecule has 10 heteroatoms. The molecule has 3 rings (SSSR count). The van der Waals surface area contributed by atoms with Crippen molar-refractivity contribution in [2.75, 3.05) is 13.2 Å². The number of carbonyl (C=O) groups is 2. The lowest BCUT2D eigenvalue weighted by Gasteiger charge is -2.27. The minimum Gasteiger partial charge on any atom is -0.450 e. The van der Waals surface area contributed by atoms with Gasteiger partial charge in [0.15, 0.2) is 6.10 Å². The largest absolute Gasteiger partial charge is 0.450 e. The number of nitrogens with zero attached hydrogens (tertiary/aromatic N) is 3. The molecular weight excluding hydrogens is 446 g/mol. The Bertz CT molecular complexity index is 932. The molecule has 1 aromatic heterocycles. The minimum absolute atomic E-state index is 0.0165. The van der Waals surface area contributed by atoms with Gasteiger partial charge in [-0.2, -0.15) is 0 Å². The Morgan fingerprint density at radius 3 is 2.72 bits per heavy atom. The number of benzene rings is 1. The van der Waals surface area contributed by atoms with E-state index in [1.54, 1.807) is 24.4 Å². The molecule has 0 unspecified atom stereocenters. The van der Waals surface area contributed by atoms with Crippen molar-refractivity contribution in [3.63, 3.8) is 0 Å². The van der Waals surface area contributed by atoms with E-state index >= 15 is 0 Å². The van der Waals surface area contributed by atoms with Gasteiger partial charge in [0.1, 0.15) is 12.6 Å². The average Bonchev–Trinajstić information content (AvgIpc) is 3.07. The third-order valence-electron chi connectivity index (χ3n) is 4.28. The fourth-order valence-corrected chi connectivity index (χ4v) is 3.09. The van der Waals surface area contributed by atoms with E-state index in [0.717, 1.165) is 4.47 Å². The molecule has 9 nitrogen and oxygen atoms in total. The summed E-state index contributed by atoms with van der Waals surface area (Å²) in [5.74, 6) is -0.701. The van der Waals surface area contributed by atoms with Crippen LogP contribution in [0.4, 0.5) is 10.5 Å².